The van der Waals surface area contributed by atoms with Gasteiger partial charge in [0.15, 0.2) is 0 Å². The molecule has 2 aromatic rings. The maximum Gasteiger partial charge on any atom is 0.228 e. The molecule has 2 unspecified atom stereocenters. The third kappa shape index (κ3) is 4.64. The molecule has 1 aliphatic rings. The van der Waals surface area contributed by atoms with Gasteiger partial charge in [-0.15, -0.1) is 0 Å². The van der Waals surface area contributed by atoms with Crippen molar-refractivity contribution in [2.75, 3.05) is 11.9 Å². The minimum atomic E-state index is -0.230. The predicted octanol–water partition coefficient (Wildman–Crippen LogP) is 3.89. The van der Waals surface area contributed by atoms with E-state index in [1.165, 1.54) is 0 Å². The fraction of sp³-hybridized carbons (Fsp3) is 0.333. The van der Waals surface area contributed by atoms with Gasteiger partial charge in [0, 0.05) is 17.3 Å². The molecule has 2 amide bonds. The molecule has 0 spiro atoms. The van der Waals surface area contributed by atoms with Crippen LogP contribution in [0.4, 0.5) is 5.69 Å². The van der Waals surface area contributed by atoms with Crippen molar-refractivity contribution in [3.05, 3.63) is 64.2 Å². The van der Waals surface area contributed by atoms with E-state index in [4.69, 9.17) is 11.6 Å². The first-order valence-electron chi connectivity index (χ1n) is 8.84. The zero-order valence-electron chi connectivity index (χ0n) is 15.0. The molecule has 2 aromatic carbocycles. The van der Waals surface area contributed by atoms with Crippen LogP contribution >= 0.6 is 11.6 Å². The standard InChI is InChI=1S/C21H23ClN2O2/c1-13-3-8-19(14(2)11-13)24-21(26)18-12-17(18)20(25)23-10-9-15-4-6-16(22)7-5-15/h3-8,11,17-18H,9-10,12H2,1-2H3,(H,23,25)(H,24,26). The molecule has 136 valence electrons. The van der Waals surface area contributed by atoms with E-state index >= 15 is 0 Å². The van der Waals surface area contributed by atoms with Gasteiger partial charge in [-0.3, -0.25) is 9.59 Å². The summed E-state index contributed by atoms with van der Waals surface area (Å²) >= 11 is 5.86. The Morgan fingerprint density at radius 2 is 1.73 bits per heavy atom. The Bertz CT molecular complexity index is 817. The lowest BCUT2D eigenvalue weighted by Crippen LogP contribution is -2.29. The van der Waals surface area contributed by atoms with Gasteiger partial charge in [0.2, 0.25) is 11.8 Å². The number of benzene rings is 2. The SMILES string of the molecule is Cc1ccc(NC(=O)C2CC2C(=O)NCCc2ccc(Cl)cc2)c(C)c1. The summed E-state index contributed by atoms with van der Waals surface area (Å²) in [6.07, 6.45) is 1.36. The van der Waals surface area contributed by atoms with E-state index in [0.29, 0.717) is 18.0 Å². The van der Waals surface area contributed by atoms with Crippen LogP contribution in [0.1, 0.15) is 23.1 Å². The van der Waals surface area contributed by atoms with E-state index in [-0.39, 0.29) is 23.7 Å². The molecular weight excluding hydrogens is 348 g/mol. The third-order valence-corrected chi connectivity index (χ3v) is 4.98. The summed E-state index contributed by atoms with van der Waals surface area (Å²) in [5.41, 5.74) is 4.12. The lowest BCUT2D eigenvalue weighted by atomic mass is 10.1. The van der Waals surface area contributed by atoms with Crippen LogP contribution in [0.3, 0.4) is 0 Å². The molecule has 1 saturated carbocycles. The van der Waals surface area contributed by atoms with Crippen LogP contribution in [-0.4, -0.2) is 18.4 Å². The number of aryl methyl sites for hydroxylation is 2. The van der Waals surface area contributed by atoms with Crippen molar-refractivity contribution in [3.8, 4) is 0 Å². The number of halogens is 1. The van der Waals surface area contributed by atoms with Gasteiger partial charge in [-0.1, -0.05) is 41.4 Å². The normalized spacial score (nSPS) is 18.3. The van der Waals surface area contributed by atoms with Crippen LogP contribution in [0.25, 0.3) is 0 Å². The molecule has 26 heavy (non-hydrogen) atoms. The molecule has 1 fully saturated rings. The number of amides is 2. The first-order chi connectivity index (χ1) is 12.4. The molecule has 1 aliphatic carbocycles. The van der Waals surface area contributed by atoms with Crippen LogP contribution in [0.15, 0.2) is 42.5 Å². The van der Waals surface area contributed by atoms with Crippen LogP contribution in [0, 0.1) is 25.7 Å². The van der Waals surface area contributed by atoms with E-state index in [1.807, 2.05) is 56.3 Å². The Kier molecular flexibility index (Phi) is 5.62. The fourth-order valence-electron chi connectivity index (χ4n) is 3.07. The molecule has 0 saturated heterocycles. The molecular formula is C21H23ClN2O2. The maximum atomic E-state index is 12.4. The van der Waals surface area contributed by atoms with E-state index in [1.54, 1.807) is 0 Å². The molecule has 0 heterocycles. The van der Waals surface area contributed by atoms with Gasteiger partial charge in [0.1, 0.15) is 0 Å². The second kappa shape index (κ2) is 7.92. The van der Waals surface area contributed by atoms with Crippen molar-refractivity contribution in [1.29, 1.82) is 0 Å². The largest absolute Gasteiger partial charge is 0.356 e. The highest BCUT2D eigenvalue weighted by atomic mass is 35.5. The Balaban J connectivity index is 1.44. The van der Waals surface area contributed by atoms with Crippen molar-refractivity contribution in [3.63, 3.8) is 0 Å². The highest BCUT2D eigenvalue weighted by Crippen LogP contribution is 2.39. The van der Waals surface area contributed by atoms with Crippen molar-refractivity contribution in [1.82, 2.24) is 5.32 Å². The smallest absolute Gasteiger partial charge is 0.228 e. The average molecular weight is 371 g/mol. The number of hydrogen-bond acceptors (Lipinski definition) is 2. The molecule has 3 rings (SSSR count). The number of carbonyl (C=O) groups is 2. The van der Waals surface area contributed by atoms with Gasteiger partial charge in [-0.05, 0) is 56.0 Å². The minimum Gasteiger partial charge on any atom is -0.356 e. The van der Waals surface area contributed by atoms with Crippen LogP contribution < -0.4 is 10.6 Å². The summed E-state index contributed by atoms with van der Waals surface area (Å²) in [6.45, 7) is 4.54. The van der Waals surface area contributed by atoms with Gasteiger partial charge in [-0.25, -0.2) is 0 Å². The fourth-order valence-corrected chi connectivity index (χ4v) is 3.19. The summed E-state index contributed by atoms with van der Waals surface area (Å²) in [5, 5.41) is 6.57. The second-order valence-corrected chi connectivity index (χ2v) is 7.36. The summed E-state index contributed by atoms with van der Waals surface area (Å²) in [4.78, 5) is 24.6. The van der Waals surface area contributed by atoms with Crippen LogP contribution in [0.2, 0.25) is 5.02 Å². The summed E-state index contributed by atoms with van der Waals surface area (Å²) in [5.74, 6) is -0.563. The third-order valence-electron chi connectivity index (χ3n) is 4.73. The average Bonchev–Trinajstić information content (AvgIpc) is 3.40. The van der Waals surface area contributed by atoms with E-state index in [0.717, 1.165) is 28.8 Å². The number of carbonyl (C=O) groups excluding carboxylic acids is 2. The van der Waals surface area contributed by atoms with Gasteiger partial charge in [0.05, 0.1) is 11.8 Å². The predicted molar refractivity (Wildman–Crippen MR) is 104 cm³/mol. The Morgan fingerprint density at radius 1 is 1.04 bits per heavy atom. The summed E-state index contributed by atoms with van der Waals surface area (Å²) in [6, 6.07) is 13.5. The van der Waals surface area contributed by atoms with Crippen molar-refractivity contribution in [2.45, 2.75) is 26.7 Å². The lowest BCUT2D eigenvalue weighted by Gasteiger charge is -2.09. The zero-order chi connectivity index (χ0) is 18.7. The van der Waals surface area contributed by atoms with Crippen LogP contribution in [0.5, 0.6) is 0 Å². The molecule has 0 radical (unpaired) electrons. The minimum absolute atomic E-state index is 0.0419. The number of anilines is 1. The monoisotopic (exact) mass is 370 g/mol. The highest BCUT2D eigenvalue weighted by Gasteiger charge is 2.47. The van der Waals surface area contributed by atoms with E-state index < -0.39 is 0 Å². The lowest BCUT2D eigenvalue weighted by molar-refractivity contribution is -0.125. The van der Waals surface area contributed by atoms with Gasteiger partial charge < -0.3 is 10.6 Å². The van der Waals surface area contributed by atoms with Crippen molar-refractivity contribution < 1.29 is 9.59 Å². The summed E-state index contributed by atoms with van der Waals surface area (Å²) < 4.78 is 0. The maximum absolute atomic E-state index is 12.4. The van der Waals surface area contributed by atoms with Gasteiger partial charge in [-0.2, -0.15) is 0 Å². The van der Waals surface area contributed by atoms with E-state index in [2.05, 4.69) is 10.6 Å². The number of nitrogens with one attached hydrogen (secondary N) is 2. The number of rotatable bonds is 6. The topological polar surface area (TPSA) is 58.2 Å². The quantitative estimate of drug-likeness (QED) is 0.810. The van der Waals surface area contributed by atoms with Gasteiger partial charge in [0.25, 0.3) is 0 Å². The van der Waals surface area contributed by atoms with Crippen molar-refractivity contribution in [2.24, 2.45) is 11.8 Å². The Hall–Kier alpha value is -2.33. The molecule has 2 atom stereocenters. The zero-order valence-corrected chi connectivity index (χ0v) is 15.8. The molecule has 5 heteroatoms. The number of hydrogen-bond donors (Lipinski definition) is 2. The Morgan fingerprint density at radius 3 is 2.42 bits per heavy atom. The summed E-state index contributed by atoms with van der Waals surface area (Å²) in [7, 11) is 0. The second-order valence-electron chi connectivity index (χ2n) is 6.92. The molecule has 2 N–H and O–H groups in total. The highest BCUT2D eigenvalue weighted by molar-refractivity contribution is 6.30. The molecule has 0 aliphatic heterocycles. The first-order valence-corrected chi connectivity index (χ1v) is 9.22. The van der Waals surface area contributed by atoms with E-state index in [9.17, 15) is 9.59 Å². The van der Waals surface area contributed by atoms with Crippen LogP contribution in [-0.2, 0) is 16.0 Å². The van der Waals surface area contributed by atoms with Gasteiger partial charge >= 0.3 is 0 Å². The first kappa shape index (κ1) is 18.5. The molecule has 4 nitrogen and oxygen atoms in total. The molecule has 0 aromatic heterocycles. The molecule has 0 bridgehead atoms. The Labute approximate surface area is 158 Å². The van der Waals surface area contributed by atoms with Crippen molar-refractivity contribution >= 4 is 29.1 Å².